The maximum Gasteiger partial charge on any atom is 0.256 e. The lowest BCUT2D eigenvalue weighted by Crippen LogP contribution is -2.04. The van der Waals surface area contributed by atoms with Crippen LogP contribution in [-0.4, -0.2) is 16.1 Å². The lowest BCUT2D eigenvalue weighted by molar-refractivity contribution is -0.110. The van der Waals surface area contributed by atoms with Gasteiger partial charge in [-0.25, -0.2) is 0 Å². The van der Waals surface area contributed by atoms with Gasteiger partial charge in [0.2, 0.25) is 0 Å². The molecule has 2 aromatic carbocycles. The van der Waals surface area contributed by atoms with Crippen LogP contribution in [0.2, 0.25) is 0 Å². The molecule has 0 bridgehead atoms. The van der Waals surface area contributed by atoms with E-state index in [1.165, 1.54) is 0 Å². The molecule has 118 valence electrons. The summed E-state index contributed by atoms with van der Waals surface area (Å²) in [6.45, 7) is -0.253. The van der Waals surface area contributed by atoms with E-state index in [4.69, 9.17) is 0 Å². The van der Waals surface area contributed by atoms with Crippen molar-refractivity contribution in [3.05, 3.63) is 61.5 Å². The predicted molar refractivity (Wildman–Crippen MR) is 96.6 cm³/mol. The maximum absolute atomic E-state index is 12.3. The lowest BCUT2D eigenvalue weighted by Gasteiger charge is -2.07. The van der Waals surface area contributed by atoms with E-state index in [1.54, 1.807) is 24.3 Å². The van der Waals surface area contributed by atoms with E-state index in [1.807, 2.05) is 12.1 Å². The highest BCUT2D eigenvalue weighted by atomic mass is 79.9. The second-order valence-electron chi connectivity index (χ2n) is 5.17. The highest BCUT2D eigenvalue weighted by Gasteiger charge is 2.26. The van der Waals surface area contributed by atoms with Gasteiger partial charge >= 0.3 is 0 Å². The Bertz CT molecular complexity index is 831. The Hall–Kier alpha value is -1.47. The molecule has 0 fully saturated rings. The van der Waals surface area contributed by atoms with Gasteiger partial charge in [-0.3, -0.25) is 4.79 Å². The van der Waals surface area contributed by atoms with E-state index in [0.29, 0.717) is 11.1 Å². The third kappa shape index (κ3) is 3.12. The fourth-order valence-corrected chi connectivity index (χ4v) is 3.87. The summed E-state index contributed by atoms with van der Waals surface area (Å²) in [6.07, 6.45) is 1.76. The van der Waals surface area contributed by atoms with E-state index >= 15 is 0 Å². The van der Waals surface area contributed by atoms with Crippen LogP contribution in [0, 0.1) is 0 Å². The van der Waals surface area contributed by atoms with E-state index in [0.717, 1.165) is 31.3 Å². The Balaban J connectivity index is 2.13. The van der Waals surface area contributed by atoms with Gasteiger partial charge in [0.15, 0.2) is 0 Å². The molecule has 3 rings (SSSR count). The van der Waals surface area contributed by atoms with Crippen molar-refractivity contribution >= 4 is 55.1 Å². The SMILES string of the molecule is O=C1Nc2c(Br)cc(Br)cc2C1=Cc1ccc(CO)cc1CO. The molecule has 1 amide bonds. The summed E-state index contributed by atoms with van der Waals surface area (Å²) in [5.74, 6) is -0.186. The van der Waals surface area contributed by atoms with Crippen LogP contribution in [0.5, 0.6) is 0 Å². The third-order valence-corrected chi connectivity index (χ3v) is 4.77. The largest absolute Gasteiger partial charge is 0.392 e. The molecule has 0 aromatic heterocycles. The summed E-state index contributed by atoms with van der Waals surface area (Å²) in [5.41, 5.74) is 4.21. The molecule has 4 nitrogen and oxygen atoms in total. The van der Waals surface area contributed by atoms with Gasteiger partial charge in [0.05, 0.1) is 18.9 Å². The smallest absolute Gasteiger partial charge is 0.256 e. The molecular formula is C17H13Br2NO3. The second-order valence-corrected chi connectivity index (χ2v) is 6.94. The van der Waals surface area contributed by atoms with E-state index in [2.05, 4.69) is 37.2 Å². The first kappa shape index (κ1) is 16.4. The standard InChI is InChI=1S/C17H13Br2NO3/c18-12-5-13-14(17(23)20-16(13)15(19)6-12)4-10-2-1-9(7-21)3-11(10)8-22/h1-6,21-22H,7-8H2,(H,20,23). The first-order chi connectivity index (χ1) is 11.0. The van der Waals surface area contributed by atoms with Gasteiger partial charge in [0.25, 0.3) is 5.91 Å². The Morgan fingerprint density at radius 3 is 2.57 bits per heavy atom. The summed E-state index contributed by atoms with van der Waals surface area (Å²) < 4.78 is 1.67. The third-order valence-electron chi connectivity index (χ3n) is 3.69. The van der Waals surface area contributed by atoms with Gasteiger partial charge in [0.1, 0.15) is 0 Å². The molecule has 0 spiro atoms. The van der Waals surface area contributed by atoms with Gasteiger partial charge in [-0.05, 0) is 50.8 Å². The molecule has 0 aliphatic carbocycles. The molecule has 1 aliphatic heterocycles. The summed E-state index contributed by atoms with van der Waals surface area (Å²) in [6, 6.07) is 9.05. The van der Waals surface area contributed by atoms with Crippen molar-refractivity contribution in [2.45, 2.75) is 13.2 Å². The van der Waals surface area contributed by atoms with Gasteiger partial charge < -0.3 is 15.5 Å². The molecule has 3 N–H and O–H groups in total. The first-order valence-corrected chi connectivity index (χ1v) is 8.48. The minimum atomic E-state index is -0.186. The Morgan fingerprint density at radius 2 is 1.87 bits per heavy atom. The number of hydrogen-bond donors (Lipinski definition) is 3. The maximum atomic E-state index is 12.3. The molecule has 1 aliphatic rings. The molecule has 0 saturated carbocycles. The average Bonchev–Trinajstić information content (AvgIpc) is 2.84. The fourth-order valence-electron chi connectivity index (χ4n) is 2.55. The van der Waals surface area contributed by atoms with E-state index in [9.17, 15) is 15.0 Å². The van der Waals surface area contributed by atoms with Crippen molar-refractivity contribution in [3.8, 4) is 0 Å². The Labute approximate surface area is 150 Å². The number of fused-ring (bicyclic) bond motifs is 1. The van der Waals surface area contributed by atoms with Crippen molar-refractivity contribution in [1.82, 2.24) is 0 Å². The number of anilines is 1. The zero-order valence-electron chi connectivity index (χ0n) is 11.9. The molecule has 2 aromatic rings. The number of benzene rings is 2. The van der Waals surface area contributed by atoms with Crippen LogP contribution in [0.25, 0.3) is 11.6 Å². The van der Waals surface area contributed by atoms with Crippen LogP contribution in [0.15, 0.2) is 39.3 Å². The minimum absolute atomic E-state index is 0.0902. The van der Waals surface area contributed by atoms with Crippen molar-refractivity contribution < 1.29 is 15.0 Å². The molecule has 0 unspecified atom stereocenters. The molecule has 1 heterocycles. The number of nitrogens with one attached hydrogen (secondary N) is 1. The lowest BCUT2D eigenvalue weighted by atomic mass is 9.99. The molecule has 0 radical (unpaired) electrons. The molecule has 23 heavy (non-hydrogen) atoms. The van der Waals surface area contributed by atoms with Crippen molar-refractivity contribution in [3.63, 3.8) is 0 Å². The number of aliphatic hydroxyl groups excluding tert-OH is 2. The number of carbonyl (C=O) groups is 1. The topological polar surface area (TPSA) is 69.6 Å². The highest BCUT2D eigenvalue weighted by Crippen LogP contribution is 2.40. The van der Waals surface area contributed by atoms with Crippen LogP contribution in [-0.2, 0) is 18.0 Å². The number of aliphatic hydroxyl groups is 2. The summed E-state index contributed by atoms with van der Waals surface area (Å²) in [5, 5.41) is 21.6. The van der Waals surface area contributed by atoms with Crippen molar-refractivity contribution in [2.24, 2.45) is 0 Å². The average molecular weight is 439 g/mol. The van der Waals surface area contributed by atoms with Crippen LogP contribution in [0.4, 0.5) is 5.69 Å². The van der Waals surface area contributed by atoms with Gasteiger partial charge in [-0.2, -0.15) is 0 Å². The number of carbonyl (C=O) groups excluding carboxylic acids is 1. The first-order valence-electron chi connectivity index (χ1n) is 6.89. The number of halogens is 2. The van der Waals surface area contributed by atoms with Crippen LogP contribution in [0.1, 0.15) is 22.3 Å². The predicted octanol–water partition coefficient (Wildman–Crippen LogP) is 3.69. The quantitative estimate of drug-likeness (QED) is 0.640. The summed E-state index contributed by atoms with van der Waals surface area (Å²) in [7, 11) is 0. The van der Waals surface area contributed by atoms with Crippen molar-refractivity contribution in [1.29, 1.82) is 0 Å². The Kier molecular flexibility index (Phi) is 4.68. The normalized spacial score (nSPS) is 15.0. The fraction of sp³-hybridized carbons (Fsp3) is 0.118. The summed E-state index contributed by atoms with van der Waals surface area (Å²) in [4.78, 5) is 12.3. The minimum Gasteiger partial charge on any atom is -0.392 e. The zero-order valence-corrected chi connectivity index (χ0v) is 15.1. The number of rotatable bonds is 3. The molecule has 0 saturated heterocycles. The number of amides is 1. The highest BCUT2D eigenvalue weighted by molar-refractivity contribution is 9.11. The van der Waals surface area contributed by atoms with Gasteiger partial charge in [-0.1, -0.05) is 34.1 Å². The van der Waals surface area contributed by atoms with Crippen LogP contribution in [0.3, 0.4) is 0 Å². The van der Waals surface area contributed by atoms with Crippen LogP contribution < -0.4 is 5.32 Å². The molecule has 6 heteroatoms. The zero-order chi connectivity index (χ0) is 16.6. The van der Waals surface area contributed by atoms with Gasteiger partial charge in [0, 0.05) is 20.1 Å². The van der Waals surface area contributed by atoms with E-state index < -0.39 is 0 Å². The second kappa shape index (κ2) is 6.57. The van der Waals surface area contributed by atoms with E-state index in [-0.39, 0.29) is 19.1 Å². The summed E-state index contributed by atoms with van der Waals surface area (Å²) >= 11 is 6.88. The molecular weight excluding hydrogens is 426 g/mol. The van der Waals surface area contributed by atoms with Crippen LogP contribution >= 0.6 is 31.9 Å². The Morgan fingerprint density at radius 1 is 1.09 bits per heavy atom. The molecule has 0 atom stereocenters. The monoisotopic (exact) mass is 437 g/mol. The van der Waals surface area contributed by atoms with Gasteiger partial charge in [-0.15, -0.1) is 0 Å². The number of hydrogen-bond acceptors (Lipinski definition) is 3. The van der Waals surface area contributed by atoms with Crippen molar-refractivity contribution in [2.75, 3.05) is 5.32 Å².